The third-order valence-electron chi connectivity index (χ3n) is 8.41. The summed E-state index contributed by atoms with van der Waals surface area (Å²) in [6, 6.07) is 14.0. The molecule has 216 valence electrons. The van der Waals surface area contributed by atoms with E-state index in [0.29, 0.717) is 18.2 Å². The van der Waals surface area contributed by atoms with Gasteiger partial charge in [0.25, 0.3) is 0 Å². The predicted octanol–water partition coefficient (Wildman–Crippen LogP) is 4.26. The quantitative estimate of drug-likeness (QED) is 0.328. The second kappa shape index (κ2) is 10.4. The minimum absolute atomic E-state index is 0.0101. The lowest BCUT2D eigenvalue weighted by atomic mass is 9.77. The van der Waals surface area contributed by atoms with Crippen LogP contribution in [0.5, 0.6) is 0 Å². The Bertz CT molecular complexity index is 1620. The minimum Gasteiger partial charge on any atom is -0.335 e. The van der Waals surface area contributed by atoms with Crippen LogP contribution in [0.1, 0.15) is 38.7 Å². The molecule has 3 heterocycles. The van der Waals surface area contributed by atoms with Gasteiger partial charge in [0.2, 0.25) is 0 Å². The maximum atomic E-state index is 13.7. The number of carbonyl (C=O) groups excluding carboxylic acids is 2. The van der Waals surface area contributed by atoms with E-state index < -0.39 is 0 Å². The highest BCUT2D eigenvalue weighted by molar-refractivity contribution is 6.01. The van der Waals surface area contributed by atoms with Crippen molar-refractivity contribution in [2.24, 2.45) is 14.1 Å². The maximum Gasteiger partial charge on any atom is 0.323 e. The Morgan fingerprint density at radius 1 is 0.902 bits per heavy atom. The van der Waals surface area contributed by atoms with Gasteiger partial charge in [-0.25, -0.2) is 9.59 Å². The number of benzene rings is 2. The first-order valence-corrected chi connectivity index (χ1v) is 14.3. The number of piperazine rings is 1. The first kappa shape index (κ1) is 27.1. The number of nitrogens with zero attached hydrogens (tertiary/aromatic N) is 6. The van der Waals surface area contributed by atoms with Crippen molar-refractivity contribution in [3.8, 4) is 0 Å². The van der Waals surface area contributed by atoms with E-state index in [-0.39, 0.29) is 29.6 Å². The van der Waals surface area contributed by atoms with Crippen molar-refractivity contribution in [2.45, 2.75) is 50.6 Å². The highest BCUT2D eigenvalue weighted by Gasteiger charge is 2.36. The van der Waals surface area contributed by atoms with Crippen molar-refractivity contribution in [1.29, 1.82) is 0 Å². The van der Waals surface area contributed by atoms with E-state index in [0.717, 1.165) is 59.7 Å². The third-order valence-corrected chi connectivity index (χ3v) is 8.41. The van der Waals surface area contributed by atoms with Gasteiger partial charge in [0.1, 0.15) is 0 Å². The smallest absolute Gasteiger partial charge is 0.323 e. The van der Waals surface area contributed by atoms with Crippen molar-refractivity contribution in [3.63, 3.8) is 0 Å². The zero-order chi connectivity index (χ0) is 28.9. The molecule has 2 aromatic heterocycles. The van der Waals surface area contributed by atoms with Crippen LogP contribution in [-0.2, 0) is 19.5 Å². The number of amides is 4. The topological polar surface area (TPSA) is 112 Å². The number of para-hydroxylation sites is 2. The number of rotatable bonds is 6. The molecule has 0 spiro atoms. The van der Waals surface area contributed by atoms with E-state index in [1.165, 1.54) is 0 Å². The summed E-state index contributed by atoms with van der Waals surface area (Å²) in [7, 11) is 5.91. The normalized spacial score (nSPS) is 18.2. The SMILES string of the molecule is CN1CCN(C(=O)Nc2nn(C)c3ccccc23)C(CC(C)(C)c2cccc3c(NC(=O)NC4CC4)nn(C)c23)C1. The van der Waals surface area contributed by atoms with E-state index in [2.05, 4.69) is 58.0 Å². The molecule has 4 aromatic rings. The molecule has 1 aliphatic heterocycles. The van der Waals surface area contributed by atoms with Crippen LogP contribution >= 0.6 is 0 Å². The summed E-state index contributed by atoms with van der Waals surface area (Å²) in [5, 5.41) is 20.1. The summed E-state index contributed by atoms with van der Waals surface area (Å²) in [5.74, 6) is 1.13. The van der Waals surface area contributed by atoms with Gasteiger partial charge in [-0.2, -0.15) is 10.2 Å². The maximum absolute atomic E-state index is 13.7. The zero-order valence-corrected chi connectivity index (χ0v) is 24.4. The molecule has 0 bridgehead atoms. The Hall–Kier alpha value is -4.12. The van der Waals surface area contributed by atoms with E-state index in [1.54, 1.807) is 4.68 Å². The lowest BCUT2D eigenvalue weighted by Gasteiger charge is -2.43. The zero-order valence-electron chi connectivity index (χ0n) is 24.4. The number of hydrogen-bond donors (Lipinski definition) is 3. The number of nitrogens with one attached hydrogen (secondary N) is 3. The Labute approximate surface area is 239 Å². The molecule has 2 fully saturated rings. The number of fused-ring (bicyclic) bond motifs is 2. The summed E-state index contributed by atoms with van der Waals surface area (Å²) in [6.07, 6.45) is 2.81. The highest BCUT2D eigenvalue weighted by atomic mass is 16.2. The molecule has 4 amide bonds. The van der Waals surface area contributed by atoms with Crippen LogP contribution in [0.3, 0.4) is 0 Å². The van der Waals surface area contributed by atoms with Crippen LogP contribution in [0.25, 0.3) is 21.8 Å². The molecule has 1 unspecified atom stereocenters. The summed E-state index contributed by atoms with van der Waals surface area (Å²) in [4.78, 5) is 30.4. The molecule has 1 aliphatic carbocycles. The van der Waals surface area contributed by atoms with E-state index in [9.17, 15) is 9.59 Å². The monoisotopic (exact) mass is 557 g/mol. The minimum atomic E-state index is -0.292. The number of hydrogen-bond acceptors (Lipinski definition) is 5. The second-order valence-electron chi connectivity index (χ2n) is 12.2. The van der Waals surface area contributed by atoms with Crippen LogP contribution in [0.15, 0.2) is 42.5 Å². The van der Waals surface area contributed by atoms with E-state index >= 15 is 0 Å². The molecule has 1 atom stereocenters. The fourth-order valence-electron chi connectivity index (χ4n) is 6.16. The summed E-state index contributed by atoms with van der Waals surface area (Å²) in [6.45, 7) is 6.66. The van der Waals surface area contributed by atoms with Gasteiger partial charge >= 0.3 is 12.1 Å². The van der Waals surface area contributed by atoms with Crippen molar-refractivity contribution in [3.05, 3.63) is 48.0 Å². The van der Waals surface area contributed by atoms with Crippen LogP contribution in [-0.4, -0.2) is 80.2 Å². The average molecular weight is 558 g/mol. The van der Waals surface area contributed by atoms with Crippen molar-refractivity contribution < 1.29 is 9.59 Å². The fraction of sp³-hybridized carbons (Fsp3) is 0.467. The molecule has 11 nitrogen and oxygen atoms in total. The Kier molecular flexibility index (Phi) is 6.85. The van der Waals surface area contributed by atoms with Gasteiger partial charge in [0.15, 0.2) is 11.6 Å². The van der Waals surface area contributed by atoms with Crippen LogP contribution in [0.4, 0.5) is 21.2 Å². The molecule has 2 aromatic carbocycles. The Morgan fingerprint density at radius 2 is 1.61 bits per heavy atom. The van der Waals surface area contributed by atoms with Crippen LogP contribution in [0.2, 0.25) is 0 Å². The van der Waals surface area contributed by atoms with Gasteiger partial charge in [0, 0.05) is 56.6 Å². The summed E-state index contributed by atoms with van der Waals surface area (Å²) < 4.78 is 3.64. The van der Waals surface area contributed by atoms with Crippen LogP contribution in [0, 0.1) is 0 Å². The fourth-order valence-corrected chi connectivity index (χ4v) is 6.16. The molecular weight excluding hydrogens is 518 g/mol. The second-order valence-corrected chi connectivity index (χ2v) is 12.2. The van der Waals surface area contributed by atoms with Crippen LogP contribution < -0.4 is 16.0 Å². The van der Waals surface area contributed by atoms with Crippen molar-refractivity contribution >= 4 is 45.5 Å². The number of likely N-dealkylation sites (N-methyl/N-ethyl adjacent to an activating group) is 1. The number of urea groups is 2. The molecule has 41 heavy (non-hydrogen) atoms. The summed E-state index contributed by atoms with van der Waals surface area (Å²) in [5.41, 5.74) is 2.80. The molecule has 0 radical (unpaired) electrons. The molecule has 11 heteroatoms. The largest absolute Gasteiger partial charge is 0.335 e. The number of aryl methyl sites for hydroxylation is 2. The lowest BCUT2D eigenvalue weighted by molar-refractivity contribution is 0.100. The number of aromatic nitrogens is 4. The number of anilines is 2. The van der Waals surface area contributed by atoms with Gasteiger partial charge in [0.05, 0.1) is 11.0 Å². The van der Waals surface area contributed by atoms with Gasteiger partial charge in [-0.3, -0.25) is 20.0 Å². The molecule has 2 aliphatic rings. The third kappa shape index (κ3) is 5.33. The molecule has 6 rings (SSSR count). The molecule has 1 saturated carbocycles. The predicted molar refractivity (Wildman–Crippen MR) is 161 cm³/mol. The van der Waals surface area contributed by atoms with Gasteiger partial charge in [-0.05, 0) is 55.5 Å². The van der Waals surface area contributed by atoms with Gasteiger partial charge in [-0.1, -0.05) is 38.1 Å². The summed E-state index contributed by atoms with van der Waals surface area (Å²) >= 11 is 0. The Morgan fingerprint density at radius 3 is 2.39 bits per heavy atom. The van der Waals surface area contributed by atoms with Gasteiger partial charge < -0.3 is 15.1 Å². The standard InChI is InChI=1S/C30H39N9O2/c1-30(2,23-11-8-10-22-25(23)38(5)35-27(22)32-28(40)31-19-13-14-19)17-20-18-36(3)15-16-39(20)29(41)33-26-21-9-6-7-12-24(21)37(4)34-26/h6-12,19-20H,13-18H2,1-5H3,(H,33,34,41)(H2,31,32,35,40). The highest BCUT2D eigenvalue weighted by Crippen LogP contribution is 2.37. The first-order chi connectivity index (χ1) is 19.6. The molecule has 1 saturated heterocycles. The van der Waals surface area contributed by atoms with Gasteiger partial charge in [-0.15, -0.1) is 0 Å². The number of carbonyl (C=O) groups is 2. The van der Waals surface area contributed by atoms with E-state index in [4.69, 9.17) is 0 Å². The molecule has 3 N–H and O–H groups in total. The van der Waals surface area contributed by atoms with Crippen molar-refractivity contribution in [1.82, 2.24) is 34.7 Å². The van der Waals surface area contributed by atoms with E-state index in [1.807, 2.05) is 60.1 Å². The Balaban J connectivity index is 1.25. The average Bonchev–Trinajstić information content (AvgIpc) is 3.61. The lowest BCUT2D eigenvalue weighted by Crippen LogP contribution is -2.56. The van der Waals surface area contributed by atoms with Crippen molar-refractivity contribution in [2.75, 3.05) is 37.3 Å². The molecular formula is C30H39N9O2. The first-order valence-electron chi connectivity index (χ1n) is 14.3.